The van der Waals surface area contributed by atoms with Crippen molar-refractivity contribution in [2.45, 2.75) is 6.54 Å². The molecule has 2 aromatic heterocycles. The first-order valence-electron chi connectivity index (χ1n) is 5.89. The van der Waals surface area contributed by atoms with E-state index in [1.54, 1.807) is 24.5 Å². The summed E-state index contributed by atoms with van der Waals surface area (Å²) in [6, 6.07) is 7.23. The van der Waals surface area contributed by atoms with Crippen LogP contribution in [0.25, 0.3) is 21.7 Å². The second-order valence-electron chi connectivity index (χ2n) is 4.26. The van der Waals surface area contributed by atoms with Gasteiger partial charge in [-0.3, -0.25) is 9.78 Å². The monoisotopic (exact) mass is 274 g/mol. The minimum atomic E-state index is -0.160. The highest BCUT2D eigenvalue weighted by Gasteiger charge is 2.10. The third-order valence-electron chi connectivity index (χ3n) is 3.16. The van der Waals surface area contributed by atoms with Gasteiger partial charge in [-0.25, -0.2) is 0 Å². The summed E-state index contributed by atoms with van der Waals surface area (Å²) in [7, 11) is 0. The third kappa shape index (κ3) is 1.89. The van der Waals surface area contributed by atoms with E-state index in [1.165, 1.54) is 4.57 Å². The van der Waals surface area contributed by atoms with Crippen molar-refractivity contribution in [3.8, 4) is 0 Å². The number of halogens is 1. The van der Waals surface area contributed by atoms with E-state index in [0.717, 1.165) is 16.3 Å². The summed E-state index contributed by atoms with van der Waals surface area (Å²) in [5, 5.41) is 12.0. The molecular formula is C14H11ClN2O2. The molecule has 0 bridgehead atoms. The predicted octanol–water partition coefficient (Wildman–Crippen LogP) is 2.20. The molecule has 0 aliphatic carbocycles. The van der Waals surface area contributed by atoms with E-state index in [-0.39, 0.29) is 18.7 Å². The van der Waals surface area contributed by atoms with E-state index in [0.29, 0.717) is 10.4 Å². The minimum Gasteiger partial charge on any atom is -0.395 e. The molecule has 5 heteroatoms. The Bertz CT molecular complexity index is 827. The van der Waals surface area contributed by atoms with Crippen molar-refractivity contribution in [2.24, 2.45) is 0 Å². The molecule has 0 aliphatic heterocycles. The average molecular weight is 275 g/mol. The van der Waals surface area contributed by atoms with Crippen molar-refractivity contribution in [3.63, 3.8) is 0 Å². The summed E-state index contributed by atoms with van der Waals surface area (Å²) in [5.74, 6) is 0. The second-order valence-corrected chi connectivity index (χ2v) is 4.70. The second kappa shape index (κ2) is 4.64. The molecule has 3 aromatic rings. The molecule has 19 heavy (non-hydrogen) atoms. The first-order chi connectivity index (χ1) is 9.22. The number of hydrogen-bond donors (Lipinski definition) is 1. The van der Waals surface area contributed by atoms with Crippen molar-refractivity contribution in [1.82, 2.24) is 9.55 Å². The lowest BCUT2D eigenvalue weighted by molar-refractivity contribution is 0.276. The summed E-state index contributed by atoms with van der Waals surface area (Å²) in [6.07, 6.45) is 3.21. The molecule has 0 radical (unpaired) electrons. The summed E-state index contributed by atoms with van der Waals surface area (Å²) < 4.78 is 1.53. The van der Waals surface area contributed by atoms with Crippen LogP contribution >= 0.6 is 11.6 Å². The number of pyridine rings is 2. The number of fused-ring (bicyclic) bond motifs is 3. The Kier molecular flexibility index (Phi) is 2.97. The molecule has 0 unspecified atom stereocenters. The van der Waals surface area contributed by atoms with E-state index >= 15 is 0 Å². The van der Waals surface area contributed by atoms with Crippen LogP contribution in [-0.4, -0.2) is 21.3 Å². The van der Waals surface area contributed by atoms with E-state index < -0.39 is 0 Å². The van der Waals surface area contributed by atoms with Gasteiger partial charge >= 0.3 is 0 Å². The fourth-order valence-corrected chi connectivity index (χ4v) is 2.50. The van der Waals surface area contributed by atoms with Crippen molar-refractivity contribution in [3.05, 3.63) is 52.0 Å². The first-order valence-corrected chi connectivity index (χ1v) is 6.27. The maximum atomic E-state index is 12.4. The van der Waals surface area contributed by atoms with Gasteiger partial charge in [-0.05, 0) is 23.6 Å². The number of benzene rings is 1. The zero-order chi connectivity index (χ0) is 13.4. The zero-order valence-corrected chi connectivity index (χ0v) is 10.8. The highest BCUT2D eigenvalue weighted by molar-refractivity contribution is 6.31. The van der Waals surface area contributed by atoms with Gasteiger partial charge in [-0.15, -0.1) is 0 Å². The van der Waals surface area contributed by atoms with Gasteiger partial charge in [0, 0.05) is 29.3 Å². The highest BCUT2D eigenvalue weighted by atomic mass is 35.5. The standard InChI is InChI=1S/C14H11ClN2O2/c15-9-1-2-11-10-3-4-16-8-12(10)14(19)17(5-6-18)13(11)7-9/h1-4,7-8,18H,5-6H2. The number of rotatable bonds is 2. The summed E-state index contributed by atoms with van der Waals surface area (Å²) in [5.41, 5.74) is 0.567. The van der Waals surface area contributed by atoms with Gasteiger partial charge < -0.3 is 9.67 Å². The van der Waals surface area contributed by atoms with Gasteiger partial charge in [0.1, 0.15) is 0 Å². The molecule has 4 nitrogen and oxygen atoms in total. The number of aliphatic hydroxyl groups is 1. The van der Waals surface area contributed by atoms with Crippen LogP contribution in [0.15, 0.2) is 41.5 Å². The van der Waals surface area contributed by atoms with Crippen LogP contribution in [0.5, 0.6) is 0 Å². The molecule has 3 rings (SSSR count). The molecule has 1 aromatic carbocycles. The molecule has 0 aliphatic rings. The van der Waals surface area contributed by atoms with E-state index in [4.69, 9.17) is 16.7 Å². The number of nitrogens with zero attached hydrogens (tertiary/aromatic N) is 2. The van der Waals surface area contributed by atoms with Crippen LogP contribution in [0.1, 0.15) is 0 Å². The molecule has 0 saturated heterocycles. The highest BCUT2D eigenvalue weighted by Crippen LogP contribution is 2.24. The summed E-state index contributed by atoms with van der Waals surface area (Å²) >= 11 is 6.00. The Hall–Kier alpha value is -1.91. The SMILES string of the molecule is O=c1c2cnccc2c2ccc(Cl)cc2n1CCO. The molecule has 96 valence electrons. The Balaban J connectivity index is 2.58. The Morgan fingerprint density at radius 2 is 2.05 bits per heavy atom. The Morgan fingerprint density at radius 3 is 2.84 bits per heavy atom. The van der Waals surface area contributed by atoms with Crippen molar-refractivity contribution in [1.29, 1.82) is 0 Å². The van der Waals surface area contributed by atoms with E-state index in [9.17, 15) is 4.79 Å². The van der Waals surface area contributed by atoms with Gasteiger partial charge in [0.15, 0.2) is 0 Å². The lowest BCUT2D eigenvalue weighted by Crippen LogP contribution is -2.22. The van der Waals surface area contributed by atoms with Crippen LogP contribution in [0.4, 0.5) is 0 Å². The van der Waals surface area contributed by atoms with Crippen LogP contribution in [0.3, 0.4) is 0 Å². The van der Waals surface area contributed by atoms with Gasteiger partial charge in [-0.2, -0.15) is 0 Å². The Morgan fingerprint density at radius 1 is 1.21 bits per heavy atom. The van der Waals surface area contributed by atoms with Gasteiger partial charge in [0.25, 0.3) is 5.56 Å². The molecule has 1 N–H and O–H groups in total. The molecule has 0 saturated carbocycles. The van der Waals surface area contributed by atoms with Crippen LogP contribution < -0.4 is 5.56 Å². The normalized spacial score (nSPS) is 11.3. The topological polar surface area (TPSA) is 55.1 Å². The predicted molar refractivity (Wildman–Crippen MR) is 75.6 cm³/mol. The maximum absolute atomic E-state index is 12.4. The van der Waals surface area contributed by atoms with Crippen LogP contribution in [0.2, 0.25) is 5.02 Å². The van der Waals surface area contributed by atoms with Crippen LogP contribution in [-0.2, 0) is 6.54 Å². The third-order valence-corrected chi connectivity index (χ3v) is 3.40. The molecule has 0 atom stereocenters. The van der Waals surface area contributed by atoms with Gasteiger partial charge in [0.05, 0.1) is 17.5 Å². The van der Waals surface area contributed by atoms with Crippen molar-refractivity contribution >= 4 is 33.3 Å². The van der Waals surface area contributed by atoms with E-state index in [2.05, 4.69) is 4.98 Å². The average Bonchev–Trinajstić information content (AvgIpc) is 2.43. The molecule has 2 heterocycles. The molecular weight excluding hydrogens is 264 g/mol. The van der Waals surface area contributed by atoms with Gasteiger partial charge in [-0.1, -0.05) is 17.7 Å². The Labute approximate surface area is 113 Å². The summed E-state index contributed by atoms with van der Waals surface area (Å²) in [6.45, 7) is 0.133. The largest absolute Gasteiger partial charge is 0.395 e. The summed E-state index contributed by atoms with van der Waals surface area (Å²) in [4.78, 5) is 16.4. The first kappa shape index (κ1) is 12.1. The quantitative estimate of drug-likeness (QED) is 0.729. The van der Waals surface area contributed by atoms with Crippen LogP contribution in [0, 0.1) is 0 Å². The maximum Gasteiger partial charge on any atom is 0.260 e. The lowest BCUT2D eigenvalue weighted by Gasteiger charge is -2.12. The number of hydrogen-bond acceptors (Lipinski definition) is 3. The van der Waals surface area contributed by atoms with E-state index in [1.807, 2.05) is 12.1 Å². The van der Waals surface area contributed by atoms with Crippen molar-refractivity contribution < 1.29 is 5.11 Å². The fourth-order valence-electron chi connectivity index (χ4n) is 2.33. The molecule has 0 amide bonds. The molecule has 0 fully saturated rings. The van der Waals surface area contributed by atoms with Gasteiger partial charge in [0.2, 0.25) is 0 Å². The fraction of sp³-hybridized carbons (Fsp3) is 0.143. The molecule has 0 spiro atoms. The zero-order valence-electron chi connectivity index (χ0n) is 10.0. The smallest absolute Gasteiger partial charge is 0.260 e. The van der Waals surface area contributed by atoms with Crippen molar-refractivity contribution in [2.75, 3.05) is 6.61 Å². The lowest BCUT2D eigenvalue weighted by atomic mass is 10.1. The minimum absolute atomic E-state index is 0.104. The number of aliphatic hydroxyl groups excluding tert-OH is 1. The number of aromatic nitrogens is 2.